The smallest absolute Gasteiger partial charge is 0.126 e. The van der Waals surface area contributed by atoms with E-state index < -0.39 is 0 Å². The molecule has 0 fully saturated rings. The molecule has 1 unspecified atom stereocenters. The number of anilines is 1. The molecule has 5 heteroatoms. The monoisotopic (exact) mass is 256 g/mol. The molecule has 0 saturated heterocycles. The highest BCUT2D eigenvalue weighted by Gasteiger charge is 2.22. The van der Waals surface area contributed by atoms with Crippen molar-refractivity contribution in [3.8, 4) is 0 Å². The van der Waals surface area contributed by atoms with Crippen LogP contribution in [0, 0.1) is 5.92 Å². The number of nitrogens with one attached hydrogen (secondary N) is 2. The molecule has 1 aliphatic carbocycles. The van der Waals surface area contributed by atoms with E-state index in [2.05, 4.69) is 22.1 Å². The highest BCUT2D eigenvalue weighted by Crippen LogP contribution is 2.32. The molecule has 4 N–H and O–H groups in total. The van der Waals surface area contributed by atoms with Crippen LogP contribution in [-0.2, 0) is 0 Å². The quantitative estimate of drug-likeness (QED) is 0.761. The lowest BCUT2D eigenvalue weighted by molar-refractivity contribution is 0.667. The normalized spacial score (nSPS) is 20.9. The number of H-pyrrole nitrogens is 1. The van der Waals surface area contributed by atoms with Crippen LogP contribution >= 0.6 is 0 Å². The Morgan fingerprint density at radius 1 is 1.42 bits per heavy atom. The van der Waals surface area contributed by atoms with Crippen LogP contribution < -0.4 is 11.1 Å². The first kappa shape index (κ1) is 11.5. The third kappa shape index (κ3) is 1.99. The number of rotatable bonds is 2. The van der Waals surface area contributed by atoms with Crippen LogP contribution in [0.2, 0.25) is 0 Å². The molecule has 4 nitrogen and oxygen atoms in total. The maximum Gasteiger partial charge on any atom is 0.126 e. The van der Waals surface area contributed by atoms with E-state index in [-0.39, 0.29) is 11.7 Å². The summed E-state index contributed by atoms with van der Waals surface area (Å²) >= 11 is 0. The van der Waals surface area contributed by atoms with E-state index >= 15 is 0 Å². The topological polar surface area (TPSA) is 66.7 Å². The lowest BCUT2D eigenvalue weighted by atomic mass is 10.0. The van der Waals surface area contributed by atoms with Crippen molar-refractivity contribution in [3.05, 3.63) is 65.9 Å². The molecule has 3 rings (SSSR count). The average Bonchev–Trinajstić information content (AvgIpc) is 2.96. The molecule has 0 saturated carbocycles. The molecule has 1 aromatic rings. The zero-order chi connectivity index (χ0) is 13.4. The first-order chi connectivity index (χ1) is 9.15. The Bertz CT molecular complexity index is 661. The standard InChI is InChI=1S/C14H13FN4/c1-8(11-7-17-19-14(11)16)13-6-9-2-3-10(15)4-5-12(9)18-13/h2-7,9,18H,1H2,(H3,16,17,19). The summed E-state index contributed by atoms with van der Waals surface area (Å²) in [6.07, 6.45) is 10.1. The minimum atomic E-state index is -0.253. The van der Waals surface area contributed by atoms with Crippen molar-refractivity contribution in [2.75, 3.05) is 5.73 Å². The molecule has 96 valence electrons. The number of nitrogen functional groups attached to an aromatic ring is 1. The van der Waals surface area contributed by atoms with Crippen LogP contribution in [0.25, 0.3) is 5.57 Å². The Labute approximate surface area is 109 Å². The minimum absolute atomic E-state index is 0.0318. The summed E-state index contributed by atoms with van der Waals surface area (Å²) in [4.78, 5) is 0. The fraction of sp³-hybridized carbons (Fsp3) is 0.0714. The van der Waals surface area contributed by atoms with Gasteiger partial charge in [0.25, 0.3) is 0 Å². The van der Waals surface area contributed by atoms with Gasteiger partial charge < -0.3 is 11.1 Å². The van der Waals surface area contributed by atoms with Crippen LogP contribution in [0.4, 0.5) is 10.2 Å². The number of aromatic nitrogens is 2. The molecular formula is C14H13FN4. The van der Waals surface area contributed by atoms with E-state index in [0.29, 0.717) is 5.82 Å². The van der Waals surface area contributed by atoms with Gasteiger partial charge in [-0.25, -0.2) is 4.39 Å². The molecule has 0 bridgehead atoms. The van der Waals surface area contributed by atoms with Crippen LogP contribution in [0.5, 0.6) is 0 Å². The van der Waals surface area contributed by atoms with Crippen molar-refractivity contribution in [1.82, 2.24) is 15.5 Å². The summed E-state index contributed by atoms with van der Waals surface area (Å²) in [6.45, 7) is 4.02. The van der Waals surface area contributed by atoms with Gasteiger partial charge in [-0.05, 0) is 24.3 Å². The van der Waals surface area contributed by atoms with Gasteiger partial charge in [0, 0.05) is 28.4 Å². The Hall–Kier alpha value is -2.56. The van der Waals surface area contributed by atoms with Gasteiger partial charge in [-0.3, -0.25) is 5.10 Å². The van der Waals surface area contributed by atoms with Crippen molar-refractivity contribution < 1.29 is 4.39 Å². The maximum absolute atomic E-state index is 13.1. The number of nitrogens with zero attached hydrogens (tertiary/aromatic N) is 1. The second-order valence-corrected chi connectivity index (χ2v) is 4.44. The second-order valence-electron chi connectivity index (χ2n) is 4.44. The highest BCUT2D eigenvalue weighted by atomic mass is 19.1. The predicted octanol–water partition coefficient (Wildman–Crippen LogP) is 2.42. The maximum atomic E-state index is 13.1. The summed E-state index contributed by atoms with van der Waals surface area (Å²) in [5.41, 5.74) is 9.09. The molecule has 1 aliphatic heterocycles. The Morgan fingerprint density at radius 2 is 2.26 bits per heavy atom. The highest BCUT2D eigenvalue weighted by molar-refractivity contribution is 5.82. The van der Waals surface area contributed by atoms with Crippen molar-refractivity contribution in [3.63, 3.8) is 0 Å². The third-order valence-electron chi connectivity index (χ3n) is 3.19. The van der Waals surface area contributed by atoms with E-state index in [1.165, 1.54) is 12.2 Å². The van der Waals surface area contributed by atoms with Gasteiger partial charge in [-0.1, -0.05) is 12.7 Å². The van der Waals surface area contributed by atoms with Crippen molar-refractivity contribution in [1.29, 1.82) is 0 Å². The number of nitrogens with two attached hydrogens (primary N) is 1. The molecule has 2 aliphatic rings. The van der Waals surface area contributed by atoms with Gasteiger partial charge in [0.2, 0.25) is 0 Å². The summed E-state index contributed by atoms with van der Waals surface area (Å²) in [5, 5.41) is 9.78. The van der Waals surface area contributed by atoms with Gasteiger partial charge in [0.1, 0.15) is 11.6 Å². The van der Waals surface area contributed by atoms with E-state index in [1.807, 2.05) is 6.08 Å². The lowest BCUT2D eigenvalue weighted by Gasteiger charge is -2.08. The van der Waals surface area contributed by atoms with E-state index in [4.69, 9.17) is 5.73 Å². The number of allylic oxidation sites excluding steroid dienone is 6. The minimum Gasteiger partial charge on any atom is -0.384 e. The number of fused-ring (bicyclic) bond motifs is 1. The zero-order valence-corrected chi connectivity index (χ0v) is 10.2. The second kappa shape index (κ2) is 4.28. The average molecular weight is 256 g/mol. The number of hydrogen-bond donors (Lipinski definition) is 3. The number of halogens is 1. The summed E-state index contributed by atoms with van der Waals surface area (Å²) in [7, 11) is 0. The summed E-state index contributed by atoms with van der Waals surface area (Å²) in [5.74, 6) is 0.260. The molecule has 1 atom stereocenters. The summed E-state index contributed by atoms with van der Waals surface area (Å²) < 4.78 is 13.1. The van der Waals surface area contributed by atoms with Crippen LogP contribution in [-0.4, -0.2) is 10.2 Å². The fourth-order valence-corrected chi connectivity index (χ4v) is 2.14. The van der Waals surface area contributed by atoms with E-state index in [9.17, 15) is 4.39 Å². The zero-order valence-electron chi connectivity index (χ0n) is 10.2. The SMILES string of the molecule is C=C(C1=CC2C=CC(F)=CC=C2N1)c1cn[nH]c1N. The van der Waals surface area contributed by atoms with Crippen molar-refractivity contribution >= 4 is 11.4 Å². The molecule has 0 spiro atoms. The molecule has 0 aromatic carbocycles. The molecule has 0 amide bonds. The molecular weight excluding hydrogens is 243 g/mol. The Morgan fingerprint density at radius 3 is 3.00 bits per heavy atom. The first-order valence-electron chi connectivity index (χ1n) is 5.88. The van der Waals surface area contributed by atoms with Crippen LogP contribution in [0.1, 0.15) is 5.56 Å². The molecule has 1 aromatic heterocycles. The molecule has 19 heavy (non-hydrogen) atoms. The fourth-order valence-electron chi connectivity index (χ4n) is 2.14. The predicted molar refractivity (Wildman–Crippen MR) is 73.2 cm³/mol. The van der Waals surface area contributed by atoms with Crippen LogP contribution in [0.15, 0.2) is 60.4 Å². The van der Waals surface area contributed by atoms with Gasteiger partial charge in [0.15, 0.2) is 0 Å². The molecule has 2 heterocycles. The van der Waals surface area contributed by atoms with Crippen molar-refractivity contribution in [2.24, 2.45) is 5.92 Å². The van der Waals surface area contributed by atoms with Gasteiger partial charge in [-0.2, -0.15) is 5.10 Å². The van der Waals surface area contributed by atoms with Crippen molar-refractivity contribution in [2.45, 2.75) is 0 Å². The lowest BCUT2D eigenvalue weighted by Crippen LogP contribution is -2.10. The largest absolute Gasteiger partial charge is 0.384 e. The Balaban J connectivity index is 1.89. The molecule has 0 radical (unpaired) electrons. The van der Waals surface area contributed by atoms with Gasteiger partial charge in [-0.15, -0.1) is 0 Å². The van der Waals surface area contributed by atoms with Gasteiger partial charge >= 0.3 is 0 Å². The Kier molecular flexibility index (Phi) is 2.59. The summed E-state index contributed by atoms with van der Waals surface area (Å²) in [6, 6.07) is 0. The third-order valence-corrected chi connectivity index (χ3v) is 3.19. The number of hydrogen-bond acceptors (Lipinski definition) is 3. The van der Waals surface area contributed by atoms with E-state index in [0.717, 1.165) is 22.5 Å². The van der Waals surface area contributed by atoms with E-state index in [1.54, 1.807) is 18.3 Å². The van der Waals surface area contributed by atoms with Gasteiger partial charge in [0.05, 0.1) is 6.20 Å². The van der Waals surface area contributed by atoms with Crippen LogP contribution in [0.3, 0.4) is 0 Å². The first-order valence-corrected chi connectivity index (χ1v) is 5.88. The number of aromatic amines is 1.